The van der Waals surface area contributed by atoms with Gasteiger partial charge in [0.1, 0.15) is 12.3 Å². The molecule has 1 atom stereocenters. The maximum atomic E-state index is 11.2. The van der Waals surface area contributed by atoms with Crippen LogP contribution in [-0.2, 0) is 11.3 Å². The summed E-state index contributed by atoms with van der Waals surface area (Å²) >= 11 is 0. The molecular formula is C12H17N2O2+. The van der Waals surface area contributed by atoms with Crippen molar-refractivity contribution in [3.63, 3.8) is 0 Å². The average molecular weight is 221 g/mol. The van der Waals surface area contributed by atoms with E-state index in [2.05, 4.69) is 11.4 Å². The van der Waals surface area contributed by atoms with Gasteiger partial charge in [-0.3, -0.25) is 4.79 Å². The number of amides is 1. The number of carbonyl (C=O) groups excluding carboxylic acids is 1. The van der Waals surface area contributed by atoms with Gasteiger partial charge in [0.05, 0.1) is 20.2 Å². The number of benzene rings is 1. The summed E-state index contributed by atoms with van der Waals surface area (Å²) in [5, 5.41) is 2.84. The minimum Gasteiger partial charge on any atom is -0.497 e. The largest absolute Gasteiger partial charge is 0.497 e. The highest BCUT2D eigenvalue weighted by atomic mass is 16.5. The molecule has 1 aromatic carbocycles. The number of quaternary nitrogens is 1. The van der Waals surface area contributed by atoms with Crippen LogP contribution in [-0.4, -0.2) is 32.7 Å². The number of carbonyl (C=O) groups is 1. The van der Waals surface area contributed by atoms with Gasteiger partial charge in [-0.2, -0.15) is 0 Å². The first-order valence-corrected chi connectivity index (χ1v) is 5.51. The lowest BCUT2D eigenvalue weighted by Gasteiger charge is -2.23. The Bertz CT molecular complexity index is 379. The minimum absolute atomic E-state index is 0.143. The molecule has 4 nitrogen and oxygen atoms in total. The van der Waals surface area contributed by atoms with Crippen LogP contribution in [0.4, 0.5) is 0 Å². The minimum atomic E-state index is 0.143. The molecule has 1 heterocycles. The van der Waals surface area contributed by atoms with Crippen LogP contribution in [0.15, 0.2) is 24.3 Å². The van der Waals surface area contributed by atoms with Crippen LogP contribution < -0.4 is 15.0 Å². The molecule has 1 aromatic rings. The van der Waals surface area contributed by atoms with Crippen LogP contribution in [0.5, 0.6) is 5.75 Å². The van der Waals surface area contributed by atoms with Gasteiger partial charge in [-0.25, -0.2) is 0 Å². The SMILES string of the molecule is COc1cccc(C[NH+]2CCNC(=O)C2)c1. The standard InChI is InChI=1S/C12H16N2O2/c1-16-11-4-2-3-10(7-11)8-14-6-5-13-12(15)9-14/h2-4,7H,5-6,8-9H2,1H3,(H,13,15)/p+1. The van der Waals surface area contributed by atoms with Crippen LogP contribution in [0.3, 0.4) is 0 Å². The molecule has 0 aromatic heterocycles. The first-order valence-electron chi connectivity index (χ1n) is 5.51. The van der Waals surface area contributed by atoms with Gasteiger partial charge in [-0.05, 0) is 12.1 Å². The number of methoxy groups -OCH3 is 1. The Morgan fingerprint density at radius 2 is 2.38 bits per heavy atom. The van der Waals surface area contributed by atoms with Gasteiger partial charge in [0.25, 0.3) is 5.91 Å². The maximum Gasteiger partial charge on any atom is 0.275 e. The molecule has 86 valence electrons. The molecule has 16 heavy (non-hydrogen) atoms. The molecule has 1 amide bonds. The van der Waals surface area contributed by atoms with E-state index >= 15 is 0 Å². The zero-order valence-corrected chi connectivity index (χ0v) is 9.45. The second-order valence-electron chi connectivity index (χ2n) is 4.06. The van der Waals surface area contributed by atoms with Gasteiger partial charge in [-0.15, -0.1) is 0 Å². The molecule has 0 saturated carbocycles. The molecule has 1 saturated heterocycles. The summed E-state index contributed by atoms with van der Waals surface area (Å²) in [6.07, 6.45) is 0. The van der Waals surface area contributed by atoms with Crippen molar-refractivity contribution in [1.29, 1.82) is 0 Å². The fourth-order valence-electron chi connectivity index (χ4n) is 1.98. The van der Waals surface area contributed by atoms with Crippen LogP contribution in [0.2, 0.25) is 0 Å². The molecule has 1 fully saturated rings. The molecule has 0 radical (unpaired) electrons. The fraction of sp³-hybridized carbons (Fsp3) is 0.417. The van der Waals surface area contributed by atoms with E-state index in [1.54, 1.807) is 7.11 Å². The number of hydrogen-bond donors (Lipinski definition) is 2. The average Bonchev–Trinajstić information content (AvgIpc) is 2.29. The van der Waals surface area contributed by atoms with Crippen molar-refractivity contribution in [3.8, 4) is 5.75 Å². The summed E-state index contributed by atoms with van der Waals surface area (Å²) in [6.45, 7) is 3.21. The molecule has 1 aliphatic heterocycles. The van der Waals surface area contributed by atoms with E-state index < -0.39 is 0 Å². The van der Waals surface area contributed by atoms with Crippen molar-refractivity contribution in [2.75, 3.05) is 26.7 Å². The number of hydrogen-bond acceptors (Lipinski definition) is 2. The van der Waals surface area contributed by atoms with Crippen molar-refractivity contribution in [2.45, 2.75) is 6.54 Å². The normalized spacial score (nSPS) is 20.3. The predicted molar refractivity (Wildman–Crippen MR) is 60.4 cm³/mol. The predicted octanol–water partition coefficient (Wildman–Crippen LogP) is -0.790. The van der Waals surface area contributed by atoms with E-state index in [-0.39, 0.29) is 5.91 Å². The quantitative estimate of drug-likeness (QED) is 0.702. The van der Waals surface area contributed by atoms with Crippen LogP contribution in [0, 0.1) is 0 Å². The lowest BCUT2D eigenvalue weighted by molar-refractivity contribution is -0.907. The van der Waals surface area contributed by atoms with Gasteiger partial charge in [0, 0.05) is 5.56 Å². The highest BCUT2D eigenvalue weighted by Gasteiger charge is 2.19. The summed E-state index contributed by atoms with van der Waals surface area (Å²) in [5.74, 6) is 1.02. The molecule has 1 aliphatic rings. The van der Waals surface area contributed by atoms with E-state index in [0.29, 0.717) is 6.54 Å². The van der Waals surface area contributed by atoms with Gasteiger partial charge in [0.15, 0.2) is 6.54 Å². The summed E-state index contributed by atoms with van der Waals surface area (Å²) in [7, 11) is 1.67. The summed E-state index contributed by atoms with van der Waals surface area (Å²) < 4.78 is 5.18. The number of nitrogens with one attached hydrogen (secondary N) is 2. The Labute approximate surface area is 95.2 Å². The number of rotatable bonds is 3. The Hall–Kier alpha value is -1.55. The molecular weight excluding hydrogens is 204 g/mol. The van der Waals surface area contributed by atoms with Crippen LogP contribution >= 0.6 is 0 Å². The highest BCUT2D eigenvalue weighted by molar-refractivity contribution is 5.77. The highest BCUT2D eigenvalue weighted by Crippen LogP contribution is 2.11. The maximum absolute atomic E-state index is 11.2. The zero-order chi connectivity index (χ0) is 11.4. The summed E-state index contributed by atoms with van der Waals surface area (Å²) in [6, 6.07) is 8.01. The fourth-order valence-corrected chi connectivity index (χ4v) is 1.98. The first kappa shape index (κ1) is 11.0. The molecule has 2 rings (SSSR count). The van der Waals surface area contributed by atoms with Crippen LogP contribution in [0.1, 0.15) is 5.56 Å². The molecule has 2 N–H and O–H groups in total. The van der Waals surface area contributed by atoms with Crippen molar-refractivity contribution < 1.29 is 14.4 Å². The van der Waals surface area contributed by atoms with Gasteiger partial charge in [-0.1, -0.05) is 12.1 Å². The molecule has 0 aliphatic carbocycles. The Balaban J connectivity index is 1.99. The molecule has 0 spiro atoms. The second-order valence-corrected chi connectivity index (χ2v) is 4.06. The Morgan fingerprint density at radius 3 is 3.12 bits per heavy atom. The van der Waals surface area contributed by atoms with E-state index in [1.165, 1.54) is 10.5 Å². The van der Waals surface area contributed by atoms with Crippen molar-refractivity contribution in [2.24, 2.45) is 0 Å². The summed E-state index contributed by atoms with van der Waals surface area (Å²) in [4.78, 5) is 12.5. The van der Waals surface area contributed by atoms with Crippen molar-refractivity contribution >= 4 is 5.91 Å². The first-order chi connectivity index (χ1) is 7.78. The molecule has 0 bridgehead atoms. The van der Waals surface area contributed by atoms with Crippen molar-refractivity contribution in [1.82, 2.24) is 5.32 Å². The zero-order valence-electron chi connectivity index (χ0n) is 9.45. The van der Waals surface area contributed by atoms with Gasteiger partial charge < -0.3 is 15.0 Å². The third-order valence-corrected chi connectivity index (χ3v) is 2.80. The van der Waals surface area contributed by atoms with E-state index in [1.807, 2.05) is 18.2 Å². The molecule has 4 heteroatoms. The van der Waals surface area contributed by atoms with Gasteiger partial charge in [0.2, 0.25) is 0 Å². The Kier molecular flexibility index (Phi) is 3.41. The smallest absolute Gasteiger partial charge is 0.275 e. The summed E-state index contributed by atoms with van der Waals surface area (Å²) in [5.41, 5.74) is 1.21. The monoisotopic (exact) mass is 221 g/mol. The second kappa shape index (κ2) is 4.99. The van der Waals surface area contributed by atoms with Crippen LogP contribution in [0.25, 0.3) is 0 Å². The Morgan fingerprint density at radius 1 is 1.50 bits per heavy atom. The number of piperazine rings is 1. The topological polar surface area (TPSA) is 42.8 Å². The van der Waals surface area contributed by atoms with E-state index in [0.717, 1.165) is 25.4 Å². The van der Waals surface area contributed by atoms with Crippen molar-refractivity contribution in [3.05, 3.63) is 29.8 Å². The number of ether oxygens (including phenoxy) is 1. The lowest BCUT2D eigenvalue weighted by atomic mass is 10.2. The molecule has 1 unspecified atom stereocenters. The third-order valence-electron chi connectivity index (χ3n) is 2.80. The van der Waals surface area contributed by atoms with E-state index in [4.69, 9.17) is 4.74 Å². The van der Waals surface area contributed by atoms with E-state index in [9.17, 15) is 4.79 Å². The lowest BCUT2D eigenvalue weighted by Crippen LogP contribution is -3.14. The van der Waals surface area contributed by atoms with Gasteiger partial charge >= 0.3 is 0 Å². The third kappa shape index (κ3) is 2.73.